The Morgan fingerprint density at radius 1 is 1.20 bits per heavy atom. The summed E-state index contributed by atoms with van der Waals surface area (Å²) in [6, 6.07) is 9.05. The van der Waals surface area contributed by atoms with Crippen molar-refractivity contribution in [2.45, 2.75) is 39.3 Å². The maximum Gasteiger partial charge on any atom is 0.118 e. The van der Waals surface area contributed by atoms with Crippen LogP contribution in [0.15, 0.2) is 24.3 Å². The highest BCUT2D eigenvalue weighted by molar-refractivity contribution is 5.27. The summed E-state index contributed by atoms with van der Waals surface area (Å²) in [5.74, 6) is 1.78. The summed E-state index contributed by atoms with van der Waals surface area (Å²) in [5, 5.41) is 3.45. The normalized spacial score (nSPS) is 16.9. The molecule has 1 aromatic rings. The van der Waals surface area contributed by atoms with Crippen molar-refractivity contribution in [2.24, 2.45) is 5.92 Å². The third kappa shape index (κ3) is 4.50. The van der Waals surface area contributed by atoms with Crippen molar-refractivity contribution in [1.82, 2.24) is 10.2 Å². The van der Waals surface area contributed by atoms with Crippen molar-refractivity contribution in [3.05, 3.63) is 29.8 Å². The smallest absolute Gasteiger partial charge is 0.118 e. The van der Waals surface area contributed by atoms with Gasteiger partial charge in [-0.2, -0.15) is 0 Å². The van der Waals surface area contributed by atoms with E-state index < -0.39 is 0 Å². The Labute approximate surface area is 123 Å². The first-order valence-electron chi connectivity index (χ1n) is 7.76. The number of hydrogen-bond acceptors (Lipinski definition) is 3. The largest absolute Gasteiger partial charge is 0.497 e. The van der Waals surface area contributed by atoms with Crippen molar-refractivity contribution in [1.29, 1.82) is 0 Å². The van der Waals surface area contributed by atoms with Crippen molar-refractivity contribution in [2.75, 3.05) is 26.7 Å². The molecule has 20 heavy (non-hydrogen) atoms. The van der Waals surface area contributed by atoms with Gasteiger partial charge in [-0.3, -0.25) is 4.90 Å². The number of ether oxygens (including phenoxy) is 1. The second-order valence-electron chi connectivity index (χ2n) is 6.06. The number of benzene rings is 1. The van der Waals surface area contributed by atoms with Crippen molar-refractivity contribution >= 4 is 0 Å². The first-order valence-corrected chi connectivity index (χ1v) is 7.76. The first-order chi connectivity index (χ1) is 9.69. The van der Waals surface area contributed by atoms with Crippen LogP contribution in [0.1, 0.15) is 32.3 Å². The lowest BCUT2D eigenvalue weighted by Crippen LogP contribution is -2.39. The van der Waals surface area contributed by atoms with Crippen molar-refractivity contribution < 1.29 is 4.74 Å². The van der Waals surface area contributed by atoms with Gasteiger partial charge in [-0.1, -0.05) is 12.1 Å². The van der Waals surface area contributed by atoms with E-state index in [1.807, 2.05) is 0 Å². The number of nitrogens with one attached hydrogen (secondary N) is 1. The van der Waals surface area contributed by atoms with Gasteiger partial charge in [0.05, 0.1) is 7.11 Å². The summed E-state index contributed by atoms with van der Waals surface area (Å²) >= 11 is 0. The van der Waals surface area contributed by atoms with Gasteiger partial charge in [-0.25, -0.2) is 0 Å². The summed E-state index contributed by atoms with van der Waals surface area (Å²) < 4.78 is 5.22. The predicted octanol–water partition coefficient (Wildman–Crippen LogP) is 2.91. The summed E-state index contributed by atoms with van der Waals surface area (Å²) in [6.45, 7) is 9.20. The molecular weight excluding hydrogens is 248 g/mol. The molecule has 2 rings (SSSR count). The Morgan fingerprint density at radius 2 is 1.85 bits per heavy atom. The van der Waals surface area contributed by atoms with Gasteiger partial charge in [0.25, 0.3) is 0 Å². The third-order valence-corrected chi connectivity index (χ3v) is 4.23. The third-order valence-electron chi connectivity index (χ3n) is 4.23. The monoisotopic (exact) mass is 276 g/mol. The Kier molecular flexibility index (Phi) is 5.86. The molecule has 1 fully saturated rings. The van der Waals surface area contributed by atoms with E-state index in [4.69, 9.17) is 4.74 Å². The fourth-order valence-corrected chi connectivity index (χ4v) is 2.82. The van der Waals surface area contributed by atoms with Crippen LogP contribution in [0.3, 0.4) is 0 Å². The average molecular weight is 276 g/mol. The highest BCUT2D eigenvalue weighted by atomic mass is 16.5. The molecule has 0 bridgehead atoms. The first kappa shape index (κ1) is 15.3. The van der Waals surface area contributed by atoms with Gasteiger partial charge in [-0.15, -0.1) is 0 Å². The topological polar surface area (TPSA) is 24.5 Å². The van der Waals surface area contributed by atoms with Crippen LogP contribution < -0.4 is 10.1 Å². The molecule has 112 valence electrons. The van der Waals surface area contributed by atoms with E-state index in [0.717, 1.165) is 18.2 Å². The Bertz CT molecular complexity index is 382. The Balaban J connectivity index is 1.93. The molecular formula is C17H28N2O. The summed E-state index contributed by atoms with van der Waals surface area (Å²) in [5.41, 5.74) is 1.37. The van der Waals surface area contributed by atoms with Crippen molar-refractivity contribution in [3.63, 3.8) is 0 Å². The highest BCUT2D eigenvalue weighted by Gasteiger charge is 2.19. The molecule has 1 heterocycles. The minimum Gasteiger partial charge on any atom is -0.497 e. The van der Waals surface area contributed by atoms with E-state index in [9.17, 15) is 0 Å². The second kappa shape index (κ2) is 7.65. The molecule has 3 nitrogen and oxygen atoms in total. The number of rotatable bonds is 6. The van der Waals surface area contributed by atoms with Crippen LogP contribution in [0.5, 0.6) is 5.75 Å². The zero-order chi connectivity index (χ0) is 14.4. The zero-order valence-electron chi connectivity index (χ0n) is 13.1. The molecule has 0 spiro atoms. The molecule has 0 amide bonds. The Hall–Kier alpha value is -1.06. The summed E-state index contributed by atoms with van der Waals surface area (Å²) in [7, 11) is 1.71. The van der Waals surface area contributed by atoms with Gasteiger partial charge in [0.2, 0.25) is 0 Å². The lowest BCUT2D eigenvalue weighted by molar-refractivity contribution is 0.162. The SMILES string of the molecule is COc1ccc(CN(CC2CCNCC2)C(C)C)cc1. The van der Waals surface area contributed by atoms with Crippen molar-refractivity contribution in [3.8, 4) is 5.75 Å². The van der Waals surface area contributed by atoms with E-state index in [2.05, 4.69) is 48.3 Å². The minimum absolute atomic E-state index is 0.590. The van der Waals surface area contributed by atoms with Gasteiger partial charge >= 0.3 is 0 Å². The van der Waals surface area contributed by atoms with Crippen LogP contribution in [0, 0.1) is 5.92 Å². The molecule has 1 saturated heterocycles. The number of nitrogens with zero attached hydrogens (tertiary/aromatic N) is 1. The second-order valence-corrected chi connectivity index (χ2v) is 6.06. The number of hydrogen-bond donors (Lipinski definition) is 1. The molecule has 0 radical (unpaired) electrons. The standard InChI is InChI=1S/C17H28N2O/c1-14(2)19(13-16-8-10-18-11-9-16)12-15-4-6-17(20-3)7-5-15/h4-7,14,16,18H,8-13H2,1-3H3. The van der Waals surface area contributed by atoms with Crippen LogP contribution in [-0.2, 0) is 6.54 Å². The molecule has 0 aliphatic carbocycles. The fraction of sp³-hybridized carbons (Fsp3) is 0.647. The maximum absolute atomic E-state index is 5.22. The lowest BCUT2D eigenvalue weighted by Gasteiger charge is -2.32. The van der Waals surface area contributed by atoms with Crippen LogP contribution >= 0.6 is 0 Å². The van der Waals surface area contributed by atoms with Gasteiger partial charge in [-0.05, 0) is 63.4 Å². The van der Waals surface area contributed by atoms with Gasteiger partial charge < -0.3 is 10.1 Å². The molecule has 1 N–H and O–H groups in total. The molecule has 0 saturated carbocycles. The molecule has 1 aliphatic heterocycles. The van der Waals surface area contributed by atoms with E-state index in [1.165, 1.54) is 38.0 Å². The number of methoxy groups -OCH3 is 1. The summed E-state index contributed by atoms with van der Waals surface area (Å²) in [6.07, 6.45) is 2.62. The fourth-order valence-electron chi connectivity index (χ4n) is 2.82. The summed E-state index contributed by atoms with van der Waals surface area (Å²) in [4.78, 5) is 2.60. The van der Waals surface area contributed by atoms with Crippen LogP contribution in [0.2, 0.25) is 0 Å². The van der Waals surface area contributed by atoms with E-state index >= 15 is 0 Å². The maximum atomic E-state index is 5.22. The molecule has 3 heteroatoms. The van der Waals surface area contributed by atoms with Gasteiger partial charge in [0, 0.05) is 19.1 Å². The molecule has 0 atom stereocenters. The molecule has 1 aromatic carbocycles. The predicted molar refractivity (Wildman–Crippen MR) is 84.1 cm³/mol. The molecule has 0 aromatic heterocycles. The molecule has 1 aliphatic rings. The van der Waals surface area contributed by atoms with Crippen LogP contribution in [0.25, 0.3) is 0 Å². The molecule has 0 unspecified atom stereocenters. The lowest BCUT2D eigenvalue weighted by atomic mass is 9.96. The van der Waals surface area contributed by atoms with E-state index in [-0.39, 0.29) is 0 Å². The zero-order valence-corrected chi connectivity index (χ0v) is 13.1. The minimum atomic E-state index is 0.590. The number of piperidine rings is 1. The van der Waals surface area contributed by atoms with Gasteiger partial charge in [0.1, 0.15) is 5.75 Å². The van der Waals surface area contributed by atoms with E-state index in [1.54, 1.807) is 7.11 Å². The average Bonchev–Trinajstić information content (AvgIpc) is 2.48. The Morgan fingerprint density at radius 3 is 2.40 bits per heavy atom. The quantitative estimate of drug-likeness (QED) is 0.864. The van der Waals surface area contributed by atoms with E-state index in [0.29, 0.717) is 6.04 Å². The van der Waals surface area contributed by atoms with Crippen LogP contribution in [-0.4, -0.2) is 37.7 Å². The van der Waals surface area contributed by atoms with Crippen LogP contribution in [0.4, 0.5) is 0 Å². The van der Waals surface area contributed by atoms with Gasteiger partial charge in [0.15, 0.2) is 0 Å². The highest BCUT2D eigenvalue weighted by Crippen LogP contribution is 2.18.